The predicted molar refractivity (Wildman–Crippen MR) is 73.8 cm³/mol. The normalized spacial score (nSPS) is 15.1. The molecule has 0 aliphatic heterocycles. The van der Waals surface area contributed by atoms with Gasteiger partial charge in [-0.05, 0) is 75.8 Å². The van der Waals surface area contributed by atoms with Gasteiger partial charge in [-0.3, -0.25) is 0 Å². The molecule has 1 aliphatic rings. The minimum absolute atomic E-state index is 0.484. The van der Waals surface area contributed by atoms with Crippen LogP contribution >= 0.6 is 34.4 Å². The third-order valence-corrected chi connectivity index (χ3v) is 4.24. The lowest BCUT2D eigenvalue weighted by atomic mass is 10.3. The highest BCUT2D eigenvalue weighted by Crippen LogP contribution is 2.39. The summed E-state index contributed by atoms with van der Waals surface area (Å²) in [5, 5.41) is 12.6. The van der Waals surface area contributed by atoms with Crippen molar-refractivity contribution < 1.29 is 0 Å². The number of anilines is 1. The summed E-state index contributed by atoms with van der Waals surface area (Å²) < 4.78 is 3.02. The van der Waals surface area contributed by atoms with Gasteiger partial charge in [-0.2, -0.15) is 0 Å². The average Bonchev–Trinajstić information content (AvgIpc) is 3.03. The van der Waals surface area contributed by atoms with Crippen molar-refractivity contribution in [2.45, 2.75) is 28.9 Å². The molecule has 2 N–H and O–H groups in total. The monoisotopic (exact) mass is 359 g/mol. The van der Waals surface area contributed by atoms with Crippen LogP contribution in [0.3, 0.4) is 0 Å². The lowest BCUT2D eigenvalue weighted by molar-refractivity contribution is 0.565. The summed E-state index contributed by atoms with van der Waals surface area (Å²) in [6, 6.07) is 6.48. The van der Waals surface area contributed by atoms with Crippen LogP contribution in [0.4, 0.5) is 5.69 Å². The maximum absolute atomic E-state index is 5.98. The van der Waals surface area contributed by atoms with Crippen LogP contribution in [0.15, 0.2) is 28.3 Å². The van der Waals surface area contributed by atoms with Gasteiger partial charge in [0, 0.05) is 14.2 Å². The van der Waals surface area contributed by atoms with Crippen molar-refractivity contribution in [3.05, 3.63) is 21.8 Å². The molecule has 1 heterocycles. The van der Waals surface area contributed by atoms with Crippen LogP contribution in [0.1, 0.15) is 18.9 Å². The molecular weight excluding hydrogens is 349 g/mol. The van der Waals surface area contributed by atoms with Gasteiger partial charge in [0.2, 0.25) is 5.16 Å². The van der Waals surface area contributed by atoms with Gasteiger partial charge in [-0.25, -0.2) is 4.68 Å². The number of nitrogens with two attached hydrogens (primary N) is 1. The van der Waals surface area contributed by atoms with Crippen LogP contribution < -0.4 is 5.73 Å². The largest absolute Gasteiger partial charge is 0.398 e. The number of tetrazole rings is 1. The summed E-state index contributed by atoms with van der Waals surface area (Å²) in [6.45, 7) is 0. The maximum Gasteiger partial charge on any atom is 0.214 e. The second-order valence-electron chi connectivity index (χ2n) is 3.92. The van der Waals surface area contributed by atoms with Crippen LogP contribution in [-0.2, 0) is 0 Å². The predicted octanol–water partition coefficient (Wildman–Crippen LogP) is 2.35. The van der Waals surface area contributed by atoms with Gasteiger partial charge in [-0.15, -0.1) is 5.10 Å². The van der Waals surface area contributed by atoms with Crippen LogP contribution in [0, 0.1) is 3.57 Å². The first-order valence-electron chi connectivity index (χ1n) is 5.25. The molecule has 1 aromatic carbocycles. The van der Waals surface area contributed by atoms with Crippen molar-refractivity contribution in [3.63, 3.8) is 0 Å². The Kier molecular flexibility index (Phi) is 2.95. The summed E-state index contributed by atoms with van der Waals surface area (Å²) in [4.78, 5) is 1.00. The molecule has 0 radical (unpaired) electrons. The van der Waals surface area contributed by atoms with E-state index >= 15 is 0 Å². The number of benzene rings is 1. The Balaban J connectivity index is 1.88. The summed E-state index contributed by atoms with van der Waals surface area (Å²) in [5.41, 5.74) is 6.75. The zero-order chi connectivity index (χ0) is 11.8. The lowest BCUT2D eigenvalue weighted by Gasteiger charge is -2.05. The Bertz CT molecular complexity index is 551. The molecule has 1 fully saturated rings. The number of rotatable bonds is 3. The molecule has 7 heteroatoms. The van der Waals surface area contributed by atoms with E-state index in [1.807, 2.05) is 22.9 Å². The second kappa shape index (κ2) is 4.45. The molecule has 0 spiro atoms. The van der Waals surface area contributed by atoms with Crippen LogP contribution in [0.25, 0.3) is 0 Å². The number of hydrogen-bond acceptors (Lipinski definition) is 5. The standard InChI is InChI=1S/C10H10IN5S/c11-6-1-4-9(8(12)5-6)17-10-13-14-15-16(10)7-2-3-7/h1,4-5,7H,2-3,12H2. The third-order valence-electron chi connectivity index (χ3n) is 2.53. The molecule has 0 bridgehead atoms. The molecule has 0 amide bonds. The summed E-state index contributed by atoms with van der Waals surface area (Å²) in [7, 11) is 0. The fraction of sp³-hybridized carbons (Fsp3) is 0.300. The molecule has 0 unspecified atom stereocenters. The number of nitrogens with zero attached hydrogens (tertiary/aromatic N) is 4. The van der Waals surface area contributed by atoms with Crippen molar-refractivity contribution in [1.29, 1.82) is 0 Å². The van der Waals surface area contributed by atoms with E-state index in [9.17, 15) is 0 Å². The van der Waals surface area contributed by atoms with Gasteiger partial charge in [-0.1, -0.05) is 0 Å². The number of hydrogen-bond donors (Lipinski definition) is 1. The van der Waals surface area contributed by atoms with E-state index in [4.69, 9.17) is 5.73 Å². The molecule has 2 aromatic rings. The van der Waals surface area contributed by atoms with Crippen molar-refractivity contribution in [3.8, 4) is 0 Å². The van der Waals surface area contributed by atoms with Gasteiger partial charge >= 0.3 is 0 Å². The Labute approximate surface area is 116 Å². The Morgan fingerprint density at radius 1 is 1.41 bits per heavy atom. The van der Waals surface area contributed by atoms with E-state index in [0.717, 1.165) is 19.3 Å². The molecule has 3 rings (SSSR count). The first-order chi connectivity index (χ1) is 8.24. The summed E-state index contributed by atoms with van der Waals surface area (Å²) in [5.74, 6) is 0. The summed E-state index contributed by atoms with van der Waals surface area (Å²) >= 11 is 3.77. The van der Waals surface area contributed by atoms with Gasteiger partial charge in [0.05, 0.1) is 6.04 Å². The van der Waals surface area contributed by atoms with Crippen molar-refractivity contribution in [1.82, 2.24) is 20.2 Å². The van der Waals surface area contributed by atoms with Gasteiger partial charge in [0.15, 0.2) is 0 Å². The topological polar surface area (TPSA) is 69.6 Å². The number of halogens is 1. The molecule has 0 atom stereocenters. The third kappa shape index (κ3) is 2.39. The maximum atomic E-state index is 5.98. The molecule has 1 saturated carbocycles. The molecular formula is C10H10IN5S. The second-order valence-corrected chi connectivity index (χ2v) is 6.18. The Morgan fingerprint density at radius 2 is 2.24 bits per heavy atom. The van der Waals surface area contributed by atoms with E-state index in [-0.39, 0.29) is 0 Å². The smallest absolute Gasteiger partial charge is 0.214 e. The first-order valence-corrected chi connectivity index (χ1v) is 7.14. The zero-order valence-corrected chi connectivity index (χ0v) is 11.9. The first kappa shape index (κ1) is 11.3. The quantitative estimate of drug-likeness (QED) is 0.673. The van der Waals surface area contributed by atoms with E-state index in [2.05, 4.69) is 38.1 Å². The highest BCUT2D eigenvalue weighted by molar-refractivity contribution is 14.1. The van der Waals surface area contributed by atoms with Crippen molar-refractivity contribution in [2.75, 3.05) is 5.73 Å². The molecule has 1 aromatic heterocycles. The van der Waals surface area contributed by atoms with Crippen molar-refractivity contribution >= 4 is 40.0 Å². The Morgan fingerprint density at radius 3 is 2.94 bits per heavy atom. The molecule has 17 heavy (non-hydrogen) atoms. The van der Waals surface area contributed by atoms with E-state index in [1.54, 1.807) is 0 Å². The zero-order valence-electron chi connectivity index (χ0n) is 8.88. The van der Waals surface area contributed by atoms with E-state index < -0.39 is 0 Å². The fourth-order valence-electron chi connectivity index (χ4n) is 1.51. The number of nitrogen functional groups attached to an aromatic ring is 1. The average molecular weight is 359 g/mol. The molecule has 5 nitrogen and oxygen atoms in total. The lowest BCUT2D eigenvalue weighted by Crippen LogP contribution is -1.99. The van der Waals surface area contributed by atoms with Crippen molar-refractivity contribution in [2.24, 2.45) is 0 Å². The highest BCUT2D eigenvalue weighted by Gasteiger charge is 2.28. The van der Waals surface area contributed by atoms with Crippen LogP contribution in [0.2, 0.25) is 0 Å². The van der Waals surface area contributed by atoms with Gasteiger partial charge in [0.1, 0.15) is 0 Å². The molecule has 88 valence electrons. The highest BCUT2D eigenvalue weighted by atomic mass is 127. The molecule has 1 aliphatic carbocycles. The molecule has 0 saturated heterocycles. The minimum atomic E-state index is 0.484. The fourth-order valence-corrected chi connectivity index (χ4v) is 2.89. The summed E-state index contributed by atoms with van der Waals surface area (Å²) in [6.07, 6.45) is 2.33. The van der Waals surface area contributed by atoms with Crippen LogP contribution in [-0.4, -0.2) is 20.2 Å². The van der Waals surface area contributed by atoms with Crippen LogP contribution in [0.5, 0.6) is 0 Å². The van der Waals surface area contributed by atoms with Gasteiger partial charge in [0.25, 0.3) is 0 Å². The number of aromatic nitrogens is 4. The van der Waals surface area contributed by atoms with Gasteiger partial charge < -0.3 is 5.73 Å². The minimum Gasteiger partial charge on any atom is -0.398 e. The van der Waals surface area contributed by atoms with E-state index in [0.29, 0.717) is 6.04 Å². The van der Waals surface area contributed by atoms with E-state index in [1.165, 1.54) is 24.6 Å². The SMILES string of the molecule is Nc1cc(I)ccc1Sc1nnnn1C1CC1. The Hall–Kier alpha value is -0.830.